The number of nitrogens with one attached hydrogen (secondary N) is 1. The fourth-order valence-corrected chi connectivity index (χ4v) is 4.07. The number of carboxylic acid groups (broad SMARTS) is 1. The molecule has 8 nitrogen and oxygen atoms in total. The van der Waals surface area contributed by atoms with Crippen LogP contribution in [0.4, 0.5) is 13.2 Å². The van der Waals surface area contributed by atoms with E-state index in [9.17, 15) is 18.0 Å². The fraction of sp³-hybridized carbons (Fsp3) is 0.478. The van der Waals surface area contributed by atoms with Crippen molar-refractivity contribution in [3.63, 3.8) is 0 Å². The molecule has 3 atom stereocenters. The fourth-order valence-electron chi connectivity index (χ4n) is 4.07. The van der Waals surface area contributed by atoms with E-state index >= 15 is 0 Å². The quantitative estimate of drug-likeness (QED) is 0.649. The van der Waals surface area contributed by atoms with E-state index in [1.54, 1.807) is 13.4 Å². The second-order valence-corrected chi connectivity index (χ2v) is 8.02. The van der Waals surface area contributed by atoms with Crippen molar-refractivity contribution >= 4 is 11.9 Å². The largest absolute Gasteiger partial charge is 0.497 e. The number of hydrogen-bond acceptors (Lipinski definition) is 6. The van der Waals surface area contributed by atoms with E-state index in [-0.39, 0.29) is 18.1 Å². The summed E-state index contributed by atoms with van der Waals surface area (Å²) in [6.07, 6.45) is -0.982. The maximum Gasteiger partial charge on any atom is 0.490 e. The van der Waals surface area contributed by atoms with Crippen LogP contribution < -0.4 is 10.1 Å². The molecule has 4 rings (SSSR count). The van der Waals surface area contributed by atoms with Gasteiger partial charge in [0.15, 0.2) is 0 Å². The van der Waals surface area contributed by atoms with E-state index in [0.717, 1.165) is 43.9 Å². The number of methoxy groups -OCH3 is 1. The summed E-state index contributed by atoms with van der Waals surface area (Å²) in [5.41, 5.74) is 1.27. The molecule has 0 saturated carbocycles. The lowest BCUT2D eigenvalue weighted by molar-refractivity contribution is -0.192. The number of alkyl halides is 3. The summed E-state index contributed by atoms with van der Waals surface area (Å²) in [4.78, 5) is 23.8. The van der Waals surface area contributed by atoms with Crippen LogP contribution in [0.3, 0.4) is 0 Å². The number of aliphatic carboxylic acids is 1. The number of carboxylic acids is 1. The summed E-state index contributed by atoms with van der Waals surface area (Å²) in [6, 6.07) is 12.3. The summed E-state index contributed by atoms with van der Waals surface area (Å²) in [5.74, 6) is -1.17. The molecule has 3 heterocycles. The zero-order valence-electron chi connectivity index (χ0n) is 18.6. The van der Waals surface area contributed by atoms with Gasteiger partial charge in [0, 0.05) is 19.1 Å². The second kappa shape index (κ2) is 11.4. The Bertz CT molecular complexity index is 933. The molecule has 2 saturated heterocycles. The minimum Gasteiger partial charge on any atom is -0.497 e. The lowest BCUT2D eigenvalue weighted by atomic mass is 9.98. The maximum atomic E-state index is 12.4. The molecule has 34 heavy (non-hydrogen) atoms. The first-order chi connectivity index (χ1) is 16.2. The van der Waals surface area contributed by atoms with Crippen LogP contribution in [-0.4, -0.2) is 60.0 Å². The third-order valence-electron chi connectivity index (χ3n) is 5.76. The molecule has 2 aliphatic rings. The van der Waals surface area contributed by atoms with Gasteiger partial charge >= 0.3 is 12.1 Å². The lowest BCUT2D eigenvalue weighted by Crippen LogP contribution is -2.47. The number of nitrogens with zero attached hydrogens (tertiary/aromatic N) is 1. The number of likely N-dealkylation sites (tertiary alicyclic amines) is 1. The molecule has 2 N–H and O–H groups in total. The molecule has 0 bridgehead atoms. The van der Waals surface area contributed by atoms with Gasteiger partial charge in [-0.25, -0.2) is 4.79 Å². The highest BCUT2D eigenvalue weighted by atomic mass is 19.4. The highest BCUT2D eigenvalue weighted by Crippen LogP contribution is 2.32. The van der Waals surface area contributed by atoms with Gasteiger partial charge in [-0.05, 0) is 49.1 Å². The molecule has 2 aromatic rings. The lowest BCUT2D eigenvalue weighted by Gasteiger charge is -2.35. The number of benzene rings is 1. The summed E-state index contributed by atoms with van der Waals surface area (Å²) in [7, 11) is 1.68. The molecule has 0 unspecified atom stereocenters. The average molecular weight is 484 g/mol. The van der Waals surface area contributed by atoms with Gasteiger partial charge in [0.1, 0.15) is 17.6 Å². The van der Waals surface area contributed by atoms with Crippen LogP contribution in [0.15, 0.2) is 47.1 Å². The molecule has 0 radical (unpaired) electrons. The van der Waals surface area contributed by atoms with Gasteiger partial charge in [0.25, 0.3) is 0 Å². The van der Waals surface area contributed by atoms with Crippen LogP contribution in [-0.2, 0) is 27.4 Å². The van der Waals surface area contributed by atoms with Crippen LogP contribution in [0, 0.1) is 0 Å². The number of hydrogen-bond donors (Lipinski definition) is 2. The van der Waals surface area contributed by atoms with Crippen molar-refractivity contribution in [1.82, 2.24) is 10.2 Å². The molecule has 0 spiro atoms. The molecule has 2 aliphatic heterocycles. The predicted molar refractivity (Wildman–Crippen MR) is 114 cm³/mol. The van der Waals surface area contributed by atoms with Crippen molar-refractivity contribution in [2.24, 2.45) is 0 Å². The van der Waals surface area contributed by atoms with Crippen molar-refractivity contribution < 1.29 is 41.8 Å². The molecule has 1 aromatic heterocycles. The van der Waals surface area contributed by atoms with Crippen LogP contribution in [0.5, 0.6) is 5.75 Å². The Morgan fingerprint density at radius 2 is 1.88 bits per heavy atom. The van der Waals surface area contributed by atoms with Gasteiger partial charge < -0.3 is 24.3 Å². The third kappa shape index (κ3) is 6.97. The van der Waals surface area contributed by atoms with Crippen molar-refractivity contribution in [2.75, 3.05) is 13.7 Å². The first kappa shape index (κ1) is 25.6. The van der Waals surface area contributed by atoms with Crippen LogP contribution in [0.1, 0.15) is 30.6 Å². The Kier molecular flexibility index (Phi) is 8.56. The molecule has 1 amide bonds. The van der Waals surface area contributed by atoms with Gasteiger partial charge in [0.05, 0.1) is 26.0 Å². The average Bonchev–Trinajstić information content (AvgIpc) is 3.47. The first-order valence-electron chi connectivity index (χ1n) is 10.8. The zero-order valence-corrected chi connectivity index (χ0v) is 18.6. The minimum atomic E-state index is -5.08. The van der Waals surface area contributed by atoms with E-state index in [2.05, 4.69) is 22.3 Å². The number of halogens is 3. The smallest absolute Gasteiger partial charge is 0.490 e. The summed E-state index contributed by atoms with van der Waals surface area (Å²) in [6.45, 7) is 2.31. The minimum absolute atomic E-state index is 0.0431. The molecule has 1 aromatic carbocycles. The number of ether oxygens (including phenoxy) is 2. The molecule has 186 valence electrons. The topological polar surface area (TPSA) is 101 Å². The normalized spacial score (nSPS) is 22.3. The van der Waals surface area contributed by atoms with E-state index in [1.807, 2.05) is 24.3 Å². The van der Waals surface area contributed by atoms with Crippen molar-refractivity contribution in [3.05, 3.63) is 54.0 Å². The third-order valence-corrected chi connectivity index (χ3v) is 5.76. The summed E-state index contributed by atoms with van der Waals surface area (Å²) in [5, 5.41) is 10.0. The number of rotatable bonds is 6. The number of fused-ring (bicyclic) bond motifs is 1. The van der Waals surface area contributed by atoms with Crippen LogP contribution >= 0.6 is 0 Å². The zero-order chi connectivity index (χ0) is 24.7. The summed E-state index contributed by atoms with van der Waals surface area (Å²) >= 11 is 0. The first-order valence-corrected chi connectivity index (χ1v) is 10.8. The van der Waals surface area contributed by atoms with E-state index in [0.29, 0.717) is 12.6 Å². The number of carbonyl (C=O) groups is 2. The Labute approximate surface area is 194 Å². The van der Waals surface area contributed by atoms with Crippen LogP contribution in [0.25, 0.3) is 0 Å². The molecule has 11 heteroatoms. The second-order valence-electron chi connectivity index (χ2n) is 8.02. The SMILES string of the molecule is COc1ccc(CN2CC[C@H]3O[C@@H](C(=O)NCc4ccco4)CC[C@H]32)cc1.O=C(O)C(F)(F)F. The molecular weight excluding hydrogens is 457 g/mol. The molecule has 2 fully saturated rings. The van der Waals surface area contributed by atoms with Gasteiger partial charge in [-0.3, -0.25) is 9.69 Å². The van der Waals surface area contributed by atoms with E-state index < -0.39 is 12.1 Å². The van der Waals surface area contributed by atoms with Crippen LogP contribution in [0.2, 0.25) is 0 Å². The van der Waals surface area contributed by atoms with Crippen molar-refractivity contribution in [3.8, 4) is 5.75 Å². The number of amides is 1. The highest BCUT2D eigenvalue weighted by molar-refractivity contribution is 5.80. The van der Waals surface area contributed by atoms with Gasteiger partial charge in [-0.1, -0.05) is 12.1 Å². The van der Waals surface area contributed by atoms with E-state index in [4.69, 9.17) is 23.8 Å². The predicted octanol–water partition coefficient (Wildman–Crippen LogP) is 3.36. The Hall–Kier alpha value is -3.05. The van der Waals surface area contributed by atoms with Gasteiger partial charge in [-0.15, -0.1) is 0 Å². The Morgan fingerprint density at radius 1 is 1.18 bits per heavy atom. The van der Waals surface area contributed by atoms with Gasteiger partial charge in [0.2, 0.25) is 5.91 Å². The van der Waals surface area contributed by atoms with Crippen molar-refractivity contribution in [1.29, 1.82) is 0 Å². The molecule has 0 aliphatic carbocycles. The molecular formula is C23H27F3N2O6. The maximum absolute atomic E-state index is 12.4. The Morgan fingerprint density at radius 3 is 2.47 bits per heavy atom. The standard InChI is InChI=1S/C21H26N2O4.C2HF3O2/c1-25-16-6-4-15(5-7-16)14-23-11-10-19-18(23)8-9-20(27-19)21(24)22-13-17-3-2-12-26-17;3-2(4,5)1(6)7/h2-7,12,18-20H,8-11,13-14H2,1H3,(H,22,24);(H,6,7)/t18-,19-,20-;/m1./s1. The summed E-state index contributed by atoms with van der Waals surface area (Å²) < 4.78 is 48.4. The monoisotopic (exact) mass is 484 g/mol. The van der Waals surface area contributed by atoms with E-state index in [1.165, 1.54) is 5.56 Å². The number of furan rings is 1. The van der Waals surface area contributed by atoms with Crippen molar-refractivity contribution in [2.45, 2.75) is 56.8 Å². The Balaban J connectivity index is 0.000000406. The number of carbonyl (C=O) groups excluding carboxylic acids is 1. The van der Waals surface area contributed by atoms with Gasteiger partial charge in [-0.2, -0.15) is 13.2 Å². The highest BCUT2D eigenvalue weighted by Gasteiger charge is 2.41.